The molecule has 1 aliphatic carbocycles. The zero-order valence-corrected chi connectivity index (χ0v) is 16.9. The van der Waals surface area contributed by atoms with E-state index in [0.717, 1.165) is 45.8 Å². The van der Waals surface area contributed by atoms with Gasteiger partial charge in [0.05, 0.1) is 17.3 Å². The van der Waals surface area contributed by atoms with E-state index in [-0.39, 0.29) is 23.9 Å². The molecule has 4 atom stereocenters. The Morgan fingerprint density at radius 1 is 1.37 bits per heavy atom. The van der Waals surface area contributed by atoms with Crippen LogP contribution in [0, 0.1) is 5.92 Å². The second-order valence-corrected chi connectivity index (χ2v) is 9.09. The molecule has 144 valence electrons. The molecule has 2 aliphatic rings. The normalized spacial score (nSPS) is 28.0. The Labute approximate surface area is 163 Å². The number of nitrogens with zero attached hydrogens (tertiary/aromatic N) is 2. The lowest BCUT2D eigenvalue weighted by molar-refractivity contribution is -0.917. The quantitative estimate of drug-likeness (QED) is 0.792. The van der Waals surface area contributed by atoms with Crippen molar-refractivity contribution in [2.24, 2.45) is 5.92 Å². The van der Waals surface area contributed by atoms with E-state index in [9.17, 15) is 9.59 Å². The van der Waals surface area contributed by atoms with Crippen LogP contribution in [0.4, 0.5) is 4.79 Å². The second-order valence-electron chi connectivity index (χ2n) is 8.03. The summed E-state index contributed by atoms with van der Waals surface area (Å²) in [5.41, 5.74) is 0.316. The number of thiazole rings is 1. The van der Waals surface area contributed by atoms with E-state index in [2.05, 4.69) is 25.2 Å². The first kappa shape index (κ1) is 18.4. The van der Waals surface area contributed by atoms with Gasteiger partial charge in [-0.25, -0.2) is 14.7 Å². The van der Waals surface area contributed by atoms with Gasteiger partial charge in [0.1, 0.15) is 11.6 Å². The van der Waals surface area contributed by atoms with Gasteiger partial charge in [-0.05, 0) is 37.8 Å². The fourth-order valence-corrected chi connectivity index (χ4v) is 5.42. The van der Waals surface area contributed by atoms with Crippen LogP contribution in [0.5, 0.6) is 0 Å². The molecule has 1 spiro atoms. The number of hydrogen-bond acceptors (Lipinski definition) is 4. The highest BCUT2D eigenvalue weighted by atomic mass is 32.1. The Hall–Kier alpha value is -1.99. The number of urea groups is 1. The first-order chi connectivity index (χ1) is 12.9. The van der Waals surface area contributed by atoms with Crippen molar-refractivity contribution in [3.8, 4) is 0 Å². The van der Waals surface area contributed by atoms with Crippen molar-refractivity contribution >= 4 is 33.5 Å². The van der Waals surface area contributed by atoms with Crippen LogP contribution < -0.4 is 10.2 Å². The summed E-state index contributed by atoms with van der Waals surface area (Å²) in [6, 6.07) is 7.95. The number of para-hydroxylation sites is 1. The van der Waals surface area contributed by atoms with Gasteiger partial charge in [0.15, 0.2) is 11.7 Å². The minimum atomic E-state index is -0.686. The van der Waals surface area contributed by atoms with Gasteiger partial charge >= 0.3 is 6.03 Å². The van der Waals surface area contributed by atoms with Gasteiger partial charge in [-0.3, -0.25) is 4.79 Å². The molecular formula is C20H27N4O2S+. The van der Waals surface area contributed by atoms with Crippen LogP contribution in [-0.4, -0.2) is 41.1 Å². The predicted octanol–water partition coefficient (Wildman–Crippen LogP) is 2.33. The number of carbonyl (C=O) groups is 2. The smallest absolute Gasteiger partial charge is 0.323 e. The number of benzene rings is 1. The fourth-order valence-electron chi connectivity index (χ4n) is 4.31. The summed E-state index contributed by atoms with van der Waals surface area (Å²) < 4.78 is 1.16. The van der Waals surface area contributed by atoms with Gasteiger partial charge in [0, 0.05) is 0 Å². The summed E-state index contributed by atoms with van der Waals surface area (Å²) in [6.45, 7) is 4.54. The Morgan fingerprint density at radius 3 is 2.89 bits per heavy atom. The maximum atomic E-state index is 13.2. The van der Waals surface area contributed by atoms with Crippen molar-refractivity contribution < 1.29 is 14.5 Å². The molecule has 1 saturated carbocycles. The molecule has 0 bridgehead atoms. The molecule has 4 rings (SSSR count). The van der Waals surface area contributed by atoms with E-state index in [1.54, 1.807) is 11.3 Å². The molecule has 2 fully saturated rings. The third-order valence-corrected chi connectivity index (χ3v) is 7.55. The monoisotopic (exact) mass is 387 g/mol. The molecule has 2 heterocycles. The number of fused-ring (bicyclic) bond motifs is 1. The minimum absolute atomic E-state index is 0.0458. The minimum Gasteiger partial charge on any atom is -0.323 e. The predicted molar refractivity (Wildman–Crippen MR) is 106 cm³/mol. The van der Waals surface area contributed by atoms with Crippen molar-refractivity contribution in [2.75, 3.05) is 13.7 Å². The van der Waals surface area contributed by atoms with Crippen LogP contribution in [0.1, 0.15) is 50.6 Å². The number of rotatable bonds is 4. The van der Waals surface area contributed by atoms with Gasteiger partial charge in [-0.2, -0.15) is 0 Å². The number of aromatic nitrogens is 1. The lowest BCUT2D eigenvalue weighted by Gasteiger charge is -2.36. The third kappa shape index (κ3) is 3.02. The van der Waals surface area contributed by atoms with Crippen molar-refractivity contribution in [2.45, 2.75) is 51.1 Å². The van der Waals surface area contributed by atoms with Gasteiger partial charge < -0.3 is 10.2 Å². The molecule has 2 aromatic rings. The Morgan fingerprint density at radius 2 is 2.15 bits per heavy atom. The maximum absolute atomic E-state index is 13.2. The largest absolute Gasteiger partial charge is 0.329 e. The Balaban J connectivity index is 1.51. The van der Waals surface area contributed by atoms with Crippen LogP contribution >= 0.6 is 11.3 Å². The first-order valence-electron chi connectivity index (χ1n) is 9.74. The van der Waals surface area contributed by atoms with Crippen molar-refractivity contribution in [3.63, 3.8) is 0 Å². The van der Waals surface area contributed by atoms with Crippen molar-refractivity contribution in [3.05, 3.63) is 29.3 Å². The second kappa shape index (κ2) is 6.87. The molecular weight excluding hydrogens is 360 g/mol. The van der Waals surface area contributed by atoms with Crippen LogP contribution in [0.25, 0.3) is 10.2 Å². The Bertz CT molecular complexity index is 849. The molecule has 1 aromatic heterocycles. The van der Waals surface area contributed by atoms with Crippen LogP contribution in [0.2, 0.25) is 0 Å². The summed E-state index contributed by atoms with van der Waals surface area (Å²) >= 11 is 1.68. The van der Waals surface area contributed by atoms with Crippen molar-refractivity contribution in [1.82, 2.24) is 15.2 Å². The lowest BCUT2D eigenvalue weighted by Crippen LogP contribution is -3.10. The molecule has 1 saturated heterocycles. The van der Waals surface area contributed by atoms with Crippen LogP contribution in [0.15, 0.2) is 24.3 Å². The molecule has 1 aliphatic heterocycles. The summed E-state index contributed by atoms with van der Waals surface area (Å²) in [6.07, 6.45) is 3.87. The van der Waals surface area contributed by atoms with Crippen molar-refractivity contribution in [1.29, 1.82) is 0 Å². The molecule has 1 unspecified atom stereocenters. The van der Waals surface area contributed by atoms with E-state index in [1.807, 2.05) is 25.2 Å². The zero-order valence-electron chi connectivity index (χ0n) is 16.1. The zero-order chi connectivity index (χ0) is 19.2. The lowest BCUT2D eigenvalue weighted by atomic mass is 9.73. The average molecular weight is 388 g/mol. The molecule has 0 radical (unpaired) electrons. The summed E-state index contributed by atoms with van der Waals surface area (Å²) in [4.78, 5) is 33.0. The number of carbonyl (C=O) groups excluding carboxylic acids is 2. The van der Waals surface area contributed by atoms with Gasteiger partial charge in [-0.15, -0.1) is 11.3 Å². The maximum Gasteiger partial charge on any atom is 0.329 e. The number of hydrogen-bond donors (Lipinski definition) is 2. The topological polar surface area (TPSA) is 66.7 Å². The van der Waals surface area contributed by atoms with Gasteiger partial charge in [-0.1, -0.05) is 31.9 Å². The fraction of sp³-hybridized carbons (Fsp3) is 0.550. The summed E-state index contributed by atoms with van der Waals surface area (Å²) in [5.74, 6) is 0.144. The molecule has 1 aromatic carbocycles. The molecule has 7 heteroatoms. The van der Waals surface area contributed by atoms with E-state index in [1.165, 1.54) is 4.90 Å². The van der Waals surface area contributed by atoms with E-state index < -0.39 is 5.54 Å². The number of amides is 3. The third-order valence-electron chi connectivity index (χ3n) is 6.33. The Kier molecular flexibility index (Phi) is 4.68. The van der Waals surface area contributed by atoms with Gasteiger partial charge in [0.2, 0.25) is 0 Å². The molecule has 2 N–H and O–H groups in total. The molecule has 3 amide bonds. The first-order valence-corrected chi connectivity index (χ1v) is 10.6. The van der Waals surface area contributed by atoms with E-state index in [0.29, 0.717) is 6.67 Å². The van der Waals surface area contributed by atoms with Crippen LogP contribution in [-0.2, 0) is 4.79 Å². The summed E-state index contributed by atoms with van der Waals surface area (Å²) in [5, 5.41) is 4.06. The average Bonchev–Trinajstić information content (AvgIpc) is 3.19. The standard InChI is InChI=1S/C20H26N4O2S/c1-13-8-6-7-11-20(13)18(25)24(19(26)22-20)12-23(3)14(2)17-21-15-9-4-5-10-16(15)27-17/h4-5,9-10,13-14H,6-8,11-12H2,1-3H3,(H,22,26)/p+1/t13-,14-,20-/m0/s1. The highest BCUT2D eigenvalue weighted by molar-refractivity contribution is 7.18. The highest BCUT2D eigenvalue weighted by Gasteiger charge is 2.55. The molecule has 27 heavy (non-hydrogen) atoms. The number of nitrogens with one attached hydrogen (secondary N) is 2. The van der Waals surface area contributed by atoms with Crippen LogP contribution in [0.3, 0.4) is 0 Å². The SMILES string of the molecule is C[C@@H](c1nc2ccccc2s1)[NH+](C)CN1C(=O)N[C@]2(CCCC[C@@H]2C)C1=O. The summed E-state index contributed by atoms with van der Waals surface area (Å²) in [7, 11) is 2.02. The number of quaternary nitrogens is 1. The van der Waals surface area contributed by atoms with Gasteiger partial charge in [0.25, 0.3) is 5.91 Å². The highest BCUT2D eigenvalue weighted by Crippen LogP contribution is 2.38. The molecule has 6 nitrogen and oxygen atoms in total. The van der Waals surface area contributed by atoms with E-state index in [4.69, 9.17) is 4.98 Å². The van der Waals surface area contributed by atoms with E-state index >= 15 is 0 Å². The number of imide groups is 1.